The molecule has 1 aromatic heterocycles. The van der Waals surface area contributed by atoms with E-state index in [9.17, 15) is 18.3 Å². The van der Waals surface area contributed by atoms with Crippen molar-refractivity contribution in [1.82, 2.24) is 15.3 Å². The summed E-state index contributed by atoms with van der Waals surface area (Å²) < 4.78 is 47.3. The number of anilines is 1. The standard InChI is InChI=1S/C35H44N4O7S/c1-22-8-6-9-23(2)30(22)28-15-29(38-32(37-28)39-47(42,43)27-11-7-10-24(14-27)31(40)41)44-19-26(16-33(3,4)5)36-25-17-34(18-25)20-35(21-34)45-12-13-46-35/h6-11,14-15,25-26,36H,12-13,16-21H2,1-5H3,(H,40,41)(H,37,38,39)/t26-/m1/s1. The first-order valence-electron chi connectivity index (χ1n) is 16.1. The molecule has 2 spiro atoms. The largest absolute Gasteiger partial charge is 0.478 e. The number of nitrogens with one attached hydrogen (secondary N) is 2. The summed E-state index contributed by atoms with van der Waals surface area (Å²) in [7, 11) is -4.21. The summed E-state index contributed by atoms with van der Waals surface area (Å²) in [6.07, 6.45) is 4.92. The number of sulfonamides is 1. The highest BCUT2D eigenvalue weighted by atomic mass is 32.2. The zero-order valence-electron chi connectivity index (χ0n) is 27.6. The Balaban J connectivity index is 1.22. The summed E-state index contributed by atoms with van der Waals surface area (Å²) in [4.78, 5) is 20.3. The van der Waals surface area contributed by atoms with Crippen LogP contribution in [0.1, 0.15) is 74.4 Å². The van der Waals surface area contributed by atoms with Crippen molar-refractivity contribution in [1.29, 1.82) is 0 Å². The van der Waals surface area contributed by atoms with Gasteiger partial charge in [0.15, 0.2) is 5.79 Å². The quantitative estimate of drug-likeness (QED) is 0.232. The highest BCUT2D eigenvalue weighted by Gasteiger charge is 2.63. The normalized spacial score (nSPS) is 19.3. The molecule has 47 heavy (non-hydrogen) atoms. The van der Waals surface area contributed by atoms with E-state index in [1.54, 1.807) is 6.07 Å². The van der Waals surface area contributed by atoms with Gasteiger partial charge in [0.1, 0.15) is 6.61 Å². The van der Waals surface area contributed by atoms with E-state index < -0.39 is 16.0 Å². The van der Waals surface area contributed by atoms with Crippen molar-refractivity contribution in [3.05, 3.63) is 65.2 Å². The lowest BCUT2D eigenvalue weighted by Gasteiger charge is -2.61. The molecule has 3 fully saturated rings. The van der Waals surface area contributed by atoms with Gasteiger partial charge in [-0.15, -0.1) is 0 Å². The smallest absolute Gasteiger partial charge is 0.335 e. The molecule has 11 nitrogen and oxygen atoms in total. The van der Waals surface area contributed by atoms with E-state index in [4.69, 9.17) is 14.2 Å². The third-order valence-electron chi connectivity index (χ3n) is 9.28. The summed E-state index contributed by atoms with van der Waals surface area (Å²) in [5.74, 6) is -1.51. The summed E-state index contributed by atoms with van der Waals surface area (Å²) in [6.45, 7) is 12.2. The first kappa shape index (κ1) is 33.3. The number of nitrogens with zero attached hydrogens (tertiary/aromatic N) is 2. The van der Waals surface area contributed by atoms with E-state index in [0.717, 1.165) is 54.9 Å². The number of hydrogen-bond acceptors (Lipinski definition) is 9. The molecule has 0 bridgehead atoms. The molecule has 252 valence electrons. The molecule has 3 aliphatic rings. The Morgan fingerprint density at radius 3 is 2.34 bits per heavy atom. The van der Waals surface area contributed by atoms with Crippen LogP contribution in [0.4, 0.5) is 5.95 Å². The number of ether oxygens (including phenoxy) is 3. The zero-order chi connectivity index (χ0) is 33.6. The lowest BCUT2D eigenvalue weighted by molar-refractivity contribution is -0.283. The maximum absolute atomic E-state index is 13.4. The number of carboxylic acid groups (broad SMARTS) is 1. The van der Waals surface area contributed by atoms with Gasteiger partial charge in [0.2, 0.25) is 11.8 Å². The van der Waals surface area contributed by atoms with Crippen molar-refractivity contribution in [2.24, 2.45) is 10.8 Å². The Kier molecular flexibility index (Phi) is 8.84. The van der Waals surface area contributed by atoms with Gasteiger partial charge in [0, 0.05) is 36.6 Å². The van der Waals surface area contributed by atoms with Crippen molar-refractivity contribution >= 4 is 21.9 Å². The number of carbonyl (C=O) groups is 1. The topological polar surface area (TPSA) is 149 Å². The molecule has 0 unspecified atom stereocenters. The molecule has 2 aliphatic carbocycles. The van der Waals surface area contributed by atoms with Crippen LogP contribution in [0, 0.1) is 24.7 Å². The average molecular weight is 665 g/mol. The third kappa shape index (κ3) is 7.45. The molecule has 6 rings (SSSR count). The second kappa shape index (κ2) is 12.5. The van der Waals surface area contributed by atoms with Gasteiger partial charge in [-0.3, -0.25) is 0 Å². The molecule has 1 aliphatic heterocycles. The molecular weight excluding hydrogens is 620 g/mol. The minimum Gasteiger partial charge on any atom is -0.478 e. The van der Waals surface area contributed by atoms with E-state index in [-0.39, 0.29) is 44.9 Å². The predicted octanol–water partition coefficient (Wildman–Crippen LogP) is 5.72. The lowest BCUT2D eigenvalue weighted by Crippen LogP contribution is -2.63. The van der Waals surface area contributed by atoms with Crippen molar-refractivity contribution in [3.63, 3.8) is 0 Å². The van der Waals surface area contributed by atoms with Crippen LogP contribution in [-0.4, -0.2) is 67.2 Å². The highest BCUT2D eigenvalue weighted by molar-refractivity contribution is 7.92. The van der Waals surface area contributed by atoms with Crippen LogP contribution in [0.15, 0.2) is 53.4 Å². The zero-order valence-corrected chi connectivity index (χ0v) is 28.4. The Bertz CT molecular complexity index is 1730. The van der Waals surface area contributed by atoms with Crippen LogP contribution in [0.3, 0.4) is 0 Å². The SMILES string of the molecule is Cc1cccc(C)c1-c1cc(OC[C@@H](CC(C)(C)C)NC2CC3(C2)CC2(C3)OCCO2)nc(NS(=O)(=O)c2cccc(C(=O)O)c2)n1. The monoisotopic (exact) mass is 664 g/mol. The van der Waals surface area contributed by atoms with Gasteiger partial charge >= 0.3 is 5.97 Å². The number of aryl methyl sites for hydroxylation is 2. The molecule has 0 amide bonds. The average Bonchev–Trinajstić information content (AvgIpc) is 3.43. The summed E-state index contributed by atoms with van der Waals surface area (Å²) >= 11 is 0. The number of carboxylic acids is 1. The molecule has 0 radical (unpaired) electrons. The Labute approximate surface area is 276 Å². The van der Waals surface area contributed by atoms with Crippen LogP contribution in [-0.2, 0) is 19.5 Å². The molecule has 2 heterocycles. The maximum Gasteiger partial charge on any atom is 0.335 e. The number of hydrogen-bond donors (Lipinski definition) is 3. The fraction of sp³-hybridized carbons (Fsp3) is 0.514. The third-order valence-corrected chi connectivity index (χ3v) is 10.6. The van der Waals surface area contributed by atoms with Crippen molar-refractivity contribution in [2.75, 3.05) is 24.5 Å². The van der Waals surface area contributed by atoms with E-state index in [2.05, 4.69) is 40.8 Å². The number of aromatic carboxylic acids is 1. The first-order valence-corrected chi connectivity index (χ1v) is 17.6. The molecular formula is C35H44N4O7S. The van der Waals surface area contributed by atoms with Gasteiger partial charge in [-0.2, -0.15) is 4.98 Å². The highest BCUT2D eigenvalue weighted by Crippen LogP contribution is 2.63. The second-order valence-electron chi connectivity index (χ2n) is 14.6. The van der Waals surface area contributed by atoms with Crippen molar-refractivity contribution in [3.8, 4) is 17.1 Å². The van der Waals surface area contributed by atoms with Gasteiger partial charge in [-0.1, -0.05) is 45.0 Å². The van der Waals surface area contributed by atoms with E-state index in [1.807, 2.05) is 32.0 Å². The molecule has 3 aromatic rings. The van der Waals surface area contributed by atoms with Gasteiger partial charge in [-0.05, 0) is 73.3 Å². The molecule has 1 atom stereocenters. The second-order valence-corrected chi connectivity index (χ2v) is 16.3. The van der Waals surface area contributed by atoms with Crippen molar-refractivity contribution in [2.45, 2.75) is 89.5 Å². The molecule has 12 heteroatoms. The first-order chi connectivity index (χ1) is 22.1. The van der Waals surface area contributed by atoms with E-state index in [0.29, 0.717) is 31.6 Å². The summed E-state index contributed by atoms with van der Waals surface area (Å²) in [6, 6.07) is 13.2. The summed E-state index contributed by atoms with van der Waals surface area (Å²) in [5.41, 5.74) is 3.48. The van der Waals surface area contributed by atoms with Crippen LogP contribution in [0.25, 0.3) is 11.3 Å². The Morgan fingerprint density at radius 1 is 1.04 bits per heavy atom. The van der Waals surface area contributed by atoms with Crippen LogP contribution < -0.4 is 14.8 Å². The van der Waals surface area contributed by atoms with Gasteiger partial charge in [0.05, 0.1) is 29.4 Å². The Hall–Kier alpha value is -3.58. The molecule has 2 aromatic carbocycles. The molecule has 3 N–H and O–H groups in total. The van der Waals surface area contributed by atoms with Gasteiger partial charge in [-0.25, -0.2) is 22.9 Å². The molecule has 2 saturated carbocycles. The minimum absolute atomic E-state index is 0.0304. The summed E-state index contributed by atoms with van der Waals surface area (Å²) in [5, 5.41) is 13.2. The van der Waals surface area contributed by atoms with Crippen molar-refractivity contribution < 1.29 is 32.5 Å². The van der Waals surface area contributed by atoms with Crippen LogP contribution in [0.5, 0.6) is 5.88 Å². The predicted molar refractivity (Wildman–Crippen MR) is 177 cm³/mol. The van der Waals surface area contributed by atoms with Crippen LogP contribution >= 0.6 is 0 Å². The van der Waals surface area contributed by atoms with E-state index in [1.165, 1.54) is 18.2 Å². The van der Waals surface area contributed by atoms with Gasteiger partial charge in [0.25, 0.3) is 10.0 Å². The fourth-order valence-corrected chi connectivity index (χ4v) is 8.46. The fourth-order valence-electron chi connectivity index (χ4n) is 7.48. The van der Waals surface area contributed by atoms with Crippen LogP contribution in [0.2, 0.25) is 0 Å². The number of rotatable bonds is 11. The number of benzene rings is 2. The lowest BCUT2D eigenvalue weighted by atomic mass is 9.51. The maximum atomic E-state index is 13.4. The van der Waals surface area contributed by atoms with E-state index >= 15 is 0 Å². The number of aromatic nitrogens is 2. The van der Waals surface area contributed by atoms with Gasteiger partial charge < -0.3 is 24.6 Å². The minimum atomic E-state index is -4.21. The Morgan fingerprint density at radius 2 is 1.70 bits per heavy atom. The molecule has 1 saturated heterocycles.